The van der Waals surface area contributed by atoms with Gasteiger partial charge in [-0.2, -0.15) is 0 Å². The average Bonchev–Trinajstić information content (AvgIpc) is 3.29. The van der Waals surface area contributed by atoms with Gasteiger partial charge in [-0.3, -0.25) is 9.36 Å². The van der Waals surface area contributed by atoms with Crippen LogP contribution in [0.1, 0.15) is 52.6 Å². The molecule has 208 valence electrons. The summed E-state index contributed by atoms with van der Waals surface area (Å²) in [5, 5.41) is 6.20. The summed E-state index contributed by atoms with van der Waals surface area (Å²) in [6.07, 6.45) is 3.13. The van der Waals surface area contributed by atoms with Crippen LogP contribution in [0.3, 0.4) is 0 Å². The SMILES string of the molecule is CCCOC(=O)C(C)(C)NP(=O)(CO[C@H](C)Cn1cnc2c(N)ncnc21)N[C@H](C)c1ccc(OC)cc1. The summed E-state index contributed by atoms with van der Waals surface area (Å²) < 4.78 is 32.7. The van der Waals surface area contributed by atoms with Crippen molar-refractivity contribution in [3.8, 4) is 5.75 Å². The van der Waals surface area contributed by atoms with Crippen molar-refractivity contribution < 1.29 is 23.6 Å². The van der Waals surface area contributed by atoms with E-state index in [4.69, 9.17) is 19.9 Å². The topological polar surface area (TPSA) is 156 Å². The second kappa shape index (κ2) is 12.7. The molecule has 13 heteroatoms. The number of methoxy groups -OCH3 is 1. The van der Waals surface area contributed by atoms with Gasteiger partial charge in [-0.05, 0) is 51.8 Å². The van der Waals surface area contributed by atoms with Gasteiger partial charge in [0, 0.05) is 6.04 Å². The molecular weight excluding hydrogens is 509 g/mol. The number of aromatic nitrogens is 4. The number of nitrogens with one attached hydrogen (secondary N) is 2. The number of esters is 1. The first-order valence-corrected chi connectivity index (χ1v) is 14.4. The molecule has 12 nitrogen and oxygen atoms in total. The Kier molecular flexibility index (Phi) is 9.83. The van der Waals surface area contributed by atoms with Crippen molar-refractivity contribution in [3.63, 3.8) is 0 Å². The normalized spacial score (nSPS) is 15.1. The van der Waals surface area contributed by atoms with E-state index < -0.39 is 19.0 Å². The van der Waals surface area contributed by atoms with Crippen molar-refractivity contribution in [1.29, 1.82) is 0 Å². The molecule has 0 amide bonds. The first kappa shape index (κ1) is 29.5. The highest BCUT2D eigenvalue weighted by atomic mass is 31.2. The van der Waals surface area contributed by atoms with E-state index in [1.807, 2.05) is 45.0 Å². The molecule has 0 saturated heterocycles. The van der Waals surface area contributed by atoms with E-state index in [0.29, 0.717) is 29.9 Å². The Balaban J connectivity index is 1.76. The zero-order valence-electron chi connectivity index (χ0n) is 22.8. The summed E-state index contributed by atoms with van der Waals surface area (Å²) in [6.45, 7) is 9.62. The number of hydrogen-bond donors (Lipinski definition) is 3. The second-order valence-corrected chi connectivity index (χ2v) is 11.9. The van der Waals surface area contributed by atoms with Gasteiger partial charge in [0.05, 0.1) is 32.7 Å². The van der Waals surface area contributed by atoms with Crippen molar-refractivity contribution in [2.75, 3.05) is 25.8 Å². The number of hydrogen-bond acceptors (Lipinski definition) is 9. The smallest absolute Gasteiger partial charge is 0.326 e. The minimum atomic E-state index is -3.49. The van der Waals surface area contributed by atoms with Crippen LogP contribution >= 0.6 is 7.44 Å². The summed E-state index contributed by atoms with van der Waals surface area (Å²) in [5.41, 5.74) is 6.65. The molecule has 0 saturated carbocycles. The molecule has 2 heterocycles. The van der Waals surface area contributed by atoms with E-state index in [9.17, 15) is 9.36 Å². The molecule has 2 aromatic heterocycles. The Morgan fingerprint density at radius 1 is 1.18 bits per heavy atom. The van der Waals surface area contributed by atoms with Crippen LogP contribution in [0.15, 0.2) is 36.9 Å². The van der Waals surface area contributed by atoms with Crippen LogP contribution in [-0.2, 0) is 25.4 Å². The first-order valence-electron chi connectivity index (χ1n) is 12.5. The van der Waals surface area contributed by atoms with Gasteiger partial charge in [-0.15, -0.1) is 0 Å². The lowest BCUT2D eigenvalue weighted by molar-refractivity contribution is -0.149. The third-order valence-corrected chi connectivity index (χ3v) is 8.09. The maximum Gasteiger partial charge on any atom is 0.326 e. The van der Waals surface area contributed by atoms with Crippen LogP contribution < -0.4 is 20.6 Å². The molecule has 38 heavy (non-hydrogen) atoms. The van der Waals surface area contributed by atoms with Crippen molar-refractivity contribution >= 4 is 30.4 Å². The quantitative estimate of drug-likeness (QED) is 0.200. The van der Waals surface area contributed by atoms with Crippen LogP contribution in [0, 0.1) is 0 Å². The van der Waals surface area contributed by atoms with Crippen LogP contribution in [0.2, 0.25) is 0 Å². The lowest BCUT2D eigenvalue weighted by Crippen LogP contribution is -2.49. The molecule has 3 atom stereocenters. The maximum atomic E-state index is 14.2. The number of carbonyl (C=O) groups excluding carboxylic acids is 1. The second-order valence-electron chi connectivity index (χ2n) is 9.67. The highest BCUT2D eigenvalue weighted by molar-refractivity contribution is 7.59. The predicted octanol–water partition coefficient (Wildman–Crippen LogP) is 3.65. The minimum absolute atomic E-state index is 0.178. The standard InChI is InChI=1S/C25H38N7O5P/c1-7-12-36-24(33)25(4,5)31-38(34,30-18(3)19-8-10-20(35-6)11-9-19)16-37-17(2)13-32-15-29-21-22(26)27-14-28-23(21)32/h8-11,14-15,17-18H,7,12-13,16H2,1-6H3,(H2,26,27,28)(H2,30,31,34)/t17-,18-,38?/m1/s1. The molecular formula is C25H38N7O5P. The van der Waals surface area contributed by atoms with E-state index in [0.717, 1.165) is 11.3 Å². The number of imidazole rings is 1. The minimum Gasteiger partial charge on any atom is -0.497 e. The van der Waals surface area contributed by atoms with Crippen molar-refractivity contribution in [2.24, 2.45) is 0 Å². The van der Waals surface area contributed by atoms with Gasteiger partial charge < -0.3 is 24.5 Å². The maximum absolute atomic E-state index is 14.2. The van der Waals surface area contributed by atoms with Gasteiger partial charge in [-0.1, -0.05) is 19.1 Å². The molecule has 1 unspecified atom stereocenters. The summed E-state index contributed by atoms with van der Waals surface area (Å²) in [6, 6.07) is 7.13. The van der Waals surface area contributed by atoms with E-state index in [1.54, 1.807) is 31.9 Å². The van der Waals surface area contributed by atoms with Gasteiger partial charge in [0.15, 0.2) is 11.5 Å². The zero-order valence-corrected chi connectivity index (χ0v) is 23.7. The molecule has 4 N–H and O–H groups in total. The molecule has 0 aliphatic heterocycles. The third-order valence-electron chi connectivity index (χ3n) is 5.85. The molecule has 0 aliphatic rings. The van der Waals surface area contributed by atoms with Gasteiger partial charge >= 0.3 is 5.97 Å². The number of ether oxygens (including phenoxy) is 3. The monoisotopic (exact) mass is 547 g/mol. The first-order chi connectivity index (χ1) is 18.0. The molecule has 0 aliphatic carbocycles. The molecule has 0 spiro atoms. The highest BCUT2D eigenvalue weighted by Gasteiger charge is 2.38. The third kappa shape index (κ3) is 7.50. The fourth-order valence-corrected chi connectivity index (χ4v) is 6.29. The molecule has 0 fully saturated rings. The van der Waals surface area contributed by atoms with Crippen LogP contribution in [0.4, 0.5) is 5.82 Å². The summed E-state index contributed by atoms with van der Waals surface area (Å²) in [7, 11) is -1.89. The fourth-order valence-electron chi connectivity index (χ4n) is 3.85. The van der Waals surface area contributed by atoms with Crippen molar-refractivity contribution in [3.05, 3.63) is 42.5 Å². The van der Waals surface area contributed by atoms with Gasteiger partial charge in [0.2, 0.25) is 7.44 Å². The molecule has 3 aromatic rings. The number of fused-ring (bicyclic) bond motifs is 1. The van der Waals surface area contributed by atoms with Crippen LogP contribution in [0.5, 0.6) is 5.75 Å². The highest BCUT2D eigenvalue weighted by Crippen LogP contribution is 2.42. The fraction of sp³-hybridized carbons (Fsp3) is 0.520. The summed E-state index contributed by atoms with van der Waals surface area (Å²) in [5.74, 6) is 0.525. The lowest BCUT2D eigenvalue weighted by atomic mass is 10.1. The van der Waals surface area contributed by atoms with Crippen molar-refractivity contribution in [2.45, 2.75) is 65.3 Å². The number of nitrogens with zero attached hydrogens (tertiary/aromatic N) is 4. The number of benzene rings is 1. The van der Waals surface area contributed by atoms with E-state index in [2.05, 4.69) is 25.1 Å². The van der Waals surface area contributed by atoms with E-state index in [1.165, 1.54) is 6.33 Å². The Morgan fingerprint density at radius 2 is 1.89 bits per heavy atom. The zero-order chi connectivity index (χ0) is 27.9. The largest absolute Gasteiger partial charge is 0.497 e. The molecule has 3 rings (SSSR count). The number of carbonyl (C=O) groups is 1. The Hall–Kier alpha value is -3.05. The molecule has 0 radical (unpaired) electrons. The number of nitrogen functional groups attached to an aromatic ring is 1. The van der Waals surface area contributed by atoms with Crippen molar-refractivity contribution in [1.82, 2.24) is 29.7 Å². The van der Waals surface area contributed by atoms with Gasteiger partial charge in [-0.25, -0.2) is 25.1 Å². The summed E-state index contributed by atoms with van der Waals surface area (Å²) in [4.78, 5) is 25.2. The Bertz CT molecular complexity index is 1260. The average molecular weight is 548 g/mol. The van der Waals surface area contributed by atoms with Gasteiger partial charge in [0.25, 0.3) is 0 Å². The predicted molar refractivity (Wildman–Crippen MR) is 146 cm³/mol. The Labute approximate surface area is 223 Å². The number of rotatable bonds is 14. The summed E-state index contributed by atoms with van der Waals surface area (Å²) >= 11 is 0. The molecule has 1 aromatic carbocycles. The van der Waals surface area contributed by atoms with E-state index in [-0.39, 0.29) is 25.1 Å². The lowest BCUT2D eigenvalue weighted by Gasteiger charge is -2.33. The Morgan fingerprint density at radius 3 is 2.55 bits per heavy atom. The molecule has 0 bridgehead atoms. The van der Waals surface area contributed by atoms with E-state index >= 15 is 0 Å². The van der Waals surface area contributed by atoms with Crippen LogP contribution in [-0.4, -0.2) is 57.2 Å². The number of nitrogens with two attached hydrogens (primary N) is 1. The van der Waals surface area contributed by atoms with Gasteiger partial charge in [0.1, 0.15) is 29.5 Å². The number of anilines is 1. The van der Waals surface area contributed by atoms with Crippen LogP contribution in [0.25, 0.3) is 11.2 Å².